The van der Waals surface area contributed by atoms with E-state index in [1.165, 1.54) is 0 Å². The fraction of sp³-hybridized carbons (Fsp3) is 0.529. The number of carboxylic acids is 1. The predicted molar refractivity (Wildman–Crippen MR) is 87.7 cm³/mol. The molecule has 1 aliphatic rings. The topological polar surface area (TPSA) is 75.6 Å². The van der Waals surface area contributed by atoms with Gasteiger partial charge in [-0.05, 0) is 31.9 Å². The highest BCUT2D eigenvalue weighted by Gasteiger charge is 2.40. The monoisotopic (exact) mass is 339 g/mol. The average Bonchev–Trinajstić information content (AvgIpc) is 2.55. The third-order valence-electron chi connectivity index (χ3n) is 4.37. The maximum atomic E-state index is 12.2. The maximum Gasteiger partial charge on any atom is 0.311 e. The standard InChI is InChI=1S/C17H22ClNO4/c1-12(23-14-8-4-3-7-13(14)18)15(20)19-11-17(16(21)22)9-5-2-6-10-17/h3-4,7-8,12H,2,5-6,9-11H2,1H3,(H,19,20)(H,21,22). The Morgan fingerprint density at radius 2 is 1.96 bits per heavy atom. The molecular formula is C17H22ClNO4. The van der Waals surface area contributed by atoms with Gasteiger partial charge in [-0.1, -0.05) is 43.0 Å². The molecule has 1 aromatic carbocycles. The summed E-state index contributed by atoms with van der Waals surface area (Å²) in [5.74, 6) is -0.740. The average molecular weight is 340 g/mol. The van der Waals surface area contributed by atoms with Crippen molar-refractivity contribution >= 4 is 23.5 Å². The number of ether oxygens (including phenoxy) is 1. The van der Waals surface area contributed by atoms with Crippen LogP contribution in [0.15, 0.2) is 24.3 Å². The van der Waals surface area contributed by atoms with Gasteiger partial charge >= 0.3 is 5.97 Å². The van der Waals surface area contributed by atoms with Gasteiger partial charge in [0, 0.05) is 6.54 Å². The Hall–Kier alpha value is -1.75. The van der Waals surface area contributed by atoms with E-state index in [2.05, 4.69) is 5.32 Å². The molecule has 0 spiro atoms. The number of hydrogen-bond donors (Lipinski definition) is 2. The molecule has 0 saturated heterocycles. The molecular weight excluding hydrogens is 318 g/mol. The molecule has 2 N–H and O–H groups in total. The first-order valence-electron chi connectivity index (χ1n) is 7.87. The molecule has 0 radical (unpaired) electrons. The van der Waals surface area contributed by atoms with Crippen LogP contribution in [-0.2, 0) is 9.59 Å². The first-order valence-corrected chi connectivity index (χ1v) is 8.25. The van der Waals surface area contributed by atoms with Gasteiger partial charge in [0.15, 0.2) is 6.10 Å². The Morgan fingerprint density at radius 1 is 1.30 bits per heavy atom. The molecule has 2 rings (SSSR count). The minimum Gasteiger partial charge on any atom is -0.481 e. The molecule has 5 nitrogen and oxygen atoms in total. The molecule has 1 unspecified atom stereocenters. The number of halogens is 1. The van der Waals surface area contributed by atoms with E-state index in [0.717, 1.165) is 19.3 Å². The Balaban J connectivity index is 1.93. The van der Waals surface area contributed by atoms with Gasteiger partial charge in [0.05, 0.1) is 10.4 Å². The number of carbonyl (C=O) groups is 2. The summed E-state index contributed by atoms with van der Waals surface area (Å²) in [5, 5.41) is 12.7. The minimum absolute atomic E-state index is 0.136. The zero-order chi connectivity index (χ0) is 16.9. The lowest BCUT2D eigenvalue weighted by Gasteiger charge is -2.33. The molecule has 6 heteroatoms. The Morgan fingerprint density at radius 3 is 2.57 bits per heavy atom. The van der Waals surface area contributed by atoms with Crippen LogP contribution in [0, 0.1) is 5.41 Å². The molecule has 0 bridgehead atoms. The highest BCUT2D eigenvalue weighted by atomic mass is 35.5. The van der Waals surface area contributed by atoms with Crippen molar-refractivity contribution in [1.82, 2.24) is 5.32 Å². The molecule has 0 aromatic heterocycles. The van der Waals surface area contributed by atoms with E-state index in [1.54, 1.807) is 31.2 Å². The van der Waals surface area contributed by atoms with Gasteiger partial charge in [0.1, 0.15) is 5.75 Å². The van der Waals surface area contributed by atoms with Crippen molar-refractivity contribution in [2.45, 2.75) is 45.1 Å². The van der Waals surface area contributed by atoms with Gasteiger partial charge < -0.3 is 15.2 Å². The second-order valence-corrected chi connectivity index (χ2v) is 6.46. The van der Waals surface area contributed by atoms with Crippen molar-refractivity contribution in [3.05, 3.63) is 29.3 Å². The van der Waals surface area contributed by atoms with Crippen LogP contribution in [0.4, 0.5) is 0 Å². The van der Waals surface area contributed by atoms with E-state index in [0.29, 0.717) is 23.6 Å². The Kier molecular flexibility index (Phi) is 5.88. The summed E-state index contributed by atoms with van der Waals surface area (Å²) in [6, 6.07) is 6.92. The van der Waals surface area contributed by atoms with Crippen molar-refractivity contribution in [2.75, 3.05) is 6.54 Å². The summed E-state index contributed by atoms with van der Waals surface area (Å²) >= 11 is 6.00. The van der Waals surface area contributed by atoms with Gasteiger partial charge in [0.25, 0.3) is 5.91 Å². The third-order valence-corrected chi connectivity index (χ3v) is 4.69. The summed E-state index contributed by atoms with van der Waals surface area (Å²) in [6.07, 6.45) is 3.27. The van der Waals surface area contributed by atoms with Crippen LogP contribution in [0.1, 0.15) is 39.0 Å². The van der Waals surface area contributed by atoms with Crippen LogP contribution in [0.25, 0.3) is 0 Å². The lowest BCUT2D eigenvalue weighted by atomic mass is 9.74. The van der Waals surface area contributed by atoms with Crippen molar-refractivity contribution in [2.24, 2.45) is 5.41 Å². The minimum atomic E-state index is -0.849. The van der Waals surface area contributed by atoms with Crippen LogP contribution in [0.3, 0.4) is 0 Å². The van der Waals surface area contributed by atoms with Crippen LogP contribution in [0.2, 0.25) is 5.02 Å². The number of nitrogens with one attached hydrogen (secondary N) is 1. The summed E-state index contributed by atoms with van der Waals surface area (Å²) < 4.78 is 5.55. The van der Waals surface area contributed by atoms with Gasteiger partial charge in [-0.15, -0.1) is 0 Å². The molecule has 1 amide bonds. The Bertz CT molecular complexity index is 569. The fourth-order valence-corrected chi connectivity index (χ4v) is 3.06. The number of carbonyl (C=O) groups excluding carboxylic acids is 1. The summed E-state index contributed by atoms with van der Waals surface area (Å²) in [6.45, 7) is 1.75. The second-order valence-electron chi connectivity index (χ2n) is 6.05. The fourth-order valence-electron chi connectivity index (χ4n) is 2.88. The highest BCUT2D eigenvalue weighted by molar-refractivity contribution is 6.32. The number of hydrogen-bond acceptors (Lipinski definition) is 3. The van der Waals surface area contributed by atoms with Crippen LogP contribution in [0.5, 0.6) is 5.75 Å². The lowest BCUT2D eigenvalue weighted by molar-refractivity contribution is -0.151. The molecule has 1 atom stereocenters. The zero-order valence-corrected chi connectivity index (χ0v) is 13.9. The second kappa shape index (κ2) is 7.68. The molecule has 1 saturated carbocycles. The van der Waals surface area contributed by atoms with Crippen molar-refractivity contribution in [3.63, 3.8) is 0 Å². The summed E-state index contributed by atoms with van der Waals surface area (Å²) in [7, 11) is 0. The van der Waals surface area contributed by atoms with Gasteiger partial charge in [-0.25, -0.2) is 0 Å². The normalized spacial score (nSPS) is 18.0. The molecule has 0 aliphatic heterocycles. The number of rotatable bonds is 6. The first-order chi connectivity index (χ1) is 10.9. The van der Waals surface area contributed by atoms with E-state index >= 15 is 0 Å². The quantitative estimate of drug-likeness (QED) is 0.834. The molecule has 1 aromatic rings. The third kappa shape index (κ3) is 4.38. The molecule has 1 aliphatic carbocycles. The number of carboxylic acid groups (broad SMARTS) is 1. The van der Waals surface area contributed by atoms with Crippen LogP contribution in [-0.4, -0.2) is 29.6 Å². The van der Waals surface area contributed by atoms with E-state index in [9.17, 15) is 14.7 Å². The molecule has 23 heavy (non-hydrogen) atoms. The SMILES string of the molecule is CC(Oc1ccccc1Cl)C(=O)NCC1(C(=O)O)CCCCC1. The highest BCUT2D eigenvalue weighted by Crippen LogP contribution is 2.36. The number of amides is 1. The van der Waals surface area contributed by atoms with Gasteiger partial charge in [0.2, 0.25) is 0 Å². The molecule has 126 valence electrons. The first kappa shape index (κ1) is 17.6. The van der Waals surface area contributed by atoms with Crippen molar-refractivity contribution in [1.29, 1.82) is 0 Å². The molecule has 0 heterocycles. The number of aliphatic carboxylic acids is 1. The van der Waals surface area contributed by atoms with Crippen molar-refractivity contribution < 1.29 is 19.4 Å². The van der Waals surface area contributed by atoms with Gasteiger partial charge in [-0.3, -0.25) is 9.59 Å². The zero-order valence-electron chi connectivity index (χ0n) is 13.2. The van der Waals surface area contributed by atoms with Crippen LogP contribution >= 0.6 is 11.6 Å². The predicted octanol–water partition coefficient (Wildman–Crippen LogP) is 3.26. The van der Waals surface area contributed by atoms with E-state index in [1.807, 2.05) is 0 Å². The van der Waals surface area contributed by atoms with Gasteiger partial charge in [-0.2, -0.15) is 0 Å². The van der Waals surface area contributed by atoms with E-state index in [4.69, 9.17) is 16.3 Å². The Labute approximate surface area is 141 Å². The summed E-state index contributed by atoms with van der Waals surface area (Å²) in [5.41, 5.74) is -0.849. The number of benzene rings is 1. The smallest absolute Gasteiger partial charge is 0.311 e. The summed E-state index contributed by atoms with van der Waals surface area (Å²) in [4.78, 5) is 23.8. The van der Waals surface area contributed by atoms with Crippen LogP contribution < -0.4 is 10.1 Å². The van der Waals surface area contributed by atoms with E-state index in [-0.39, 0.29) is 12.5 Å². The maximum absolute atomic E-state index is 12.2. The number of para-hydroxylation sites is 1. The lowest BCUT2D eigenvalue weighted by Crippen LogP contribution is -2.47. The molecule has 1 fully saturated rings. The largest absolute Gasteiger partial charge is 0.481 e. The van der Waals surface area contributed by atoms with Crippen molar-refractivity contribution in [3.8, 4) is 5.75 Å². The van der Waals surface area contributed by atoms with E-state index < -0.39 is 17.5 Å².